The fourth-order valence-electron chi connectivity index (χ4n) is 4.41. The van der Waals surface area contributed by atoms with Gasteiger partial charge in [-0.2, -0.15) is 5.10 Å². The second-order valence-corrected chi connectivity index (χ2v) is 10.5. The molecule has 5 rings (SSSR count). The molecule has 198 valence electrons. The van der Waals surface area contributed by atoms with Crippen molar-refractivity contribution in [3.8, 4) is 5.75 Å². The number of nitro benzene ring substituents is 1. The van der Waals surface area contributed by atoms with E-state index in [1.165, 1.54) is 42.3 Å². The number of aromatic nitrogens is 2. The van der Waals surface area contributed by atoms with Crippen LogP contribution < -0.4 is 19.7 Å². The van der Waals surface area contributed by atoms with E-state index in [0.717, 1.165) is 12.1 Å². The fourth-order valence-corrected chi connectivity index (χ4v) is 5.61. The predicted octanol–water partition coefficient (Wildman–Crippen LogP) is 3.76. The lowest BCUT2D eigenvalue weighted by molar-refractivity contribution is -0.384. The Morgan fingerprint density at radius 2 is 1.95 bits per heavy atom. The average molecular weight is 543 g/mol. The van der Waals surface area contributed by atoms with E-state index in [0.29, 0.717) is 24.3 Å². The molecule has 3 aromatic rings. The summed E-state index contributed by atoms with van der Waals surface area (Å²) in [7, 11) is -2.45. The zero-order valence-corrected chi connectivity index (χ0v) is 20.7. The molecular weight excluding hydrogens is 520 g/mol. The molecule has 0 unspecified atom stereocenters. The number of ether oxygens (including phenoxy) is 2. The van der Waals surface area contributed by atoms with Crippen LogP contribution in [0.5, 0.6) is 5.75 Å². The lowest BCUT2D eigenvalue weighted by atomic mass is 10.0. The molecule has 2 aliphatic rings. The molecular formula is C23H22N6O8S. The smallest absolute Gasteiger partial charge is 0.431 e. The van der Waals surface area contributed by atoms with E-state index in [1.807, 2.05) is 10.8 Å². The van der Waals surface area contributed by atoms with Gasteiger partial charge in [0.2, 0.25) is 0 Å². The standard InChI is InChI=1S/C23H22N6O8S/c1-28-19-11-14(3-9-20(19)38(34,35)27-22(28)30)24-21-12-18(25-26-21)13-2-6-17(10-13)37-23(31)36-16-7-4-15(5-8-16)29(32)33/h3-5,7-9,11-13,17H,2,6,10H2,1H3,(H,27,30)(H2,24,25,26)/t13-,17+/m0/s1. The second-order valence-electron chi connectivity index (χ2n) is 8.84. The number of non-ortho nitro benzene ring substituents is 1. The Morgan fingerprint density at radius 3 is 2.68 bits per heavy atom. The van der Waals surface area contributed by atoms with Gasteiger partial charge in [0, 0.05) is 42.5 Å². The summed E-state index contributed by atoms with van der Waals surface area (Å²) in [5.74, 6) is 0.692. The third kappa shape index (κ3) is 5.08. The van der Waals surface area contributed by atoms with Crippen molar-refractivity contribution >= 4 is 45.1 Å². The Bertz CT molecular complexity index is 1520. The number of carbonyl (C=O) groups excluding carboxylic acids is 2. The van der Waals surface area contributed by atoms with Gasteiger partial charge in [-0.1, -0.05) is 0 Å². The highest BCUT2D eigenvalue weighted by atomic mass is 32.2. The first kappa shape index (κ1) is 25.0. The number of nitro groups is 1. The molecule has 1 fully saturated rings. The number of sulfonamides is 1. The van der Waals surface area contributed by atoms with Gasteiger partial charge in [-0.15, -0.1) is 0 Å². The van der Waals surface area contributed by atoms with Crippen LogP contribution in [0.2, 0.25) is 0 Å². The fraction of sp³-hybridized carbons (Fsp3) is 0.261. The van der Waals surface area contributed by atoms with Crippen molar-refractivity contribution in [2.45, 2.75) is 36.2 Å². The Labute approximate surface area is 216 Å². The molecule has 2 amide bonds. The zero-order chi connectivity index (χ0) is 27.0. The topological polar surface area (TPSA) is 186 Å². The summed E-state index contributed by atoms with van der Waals surface area (Å²) >= 11 is 0. The van der Waals surface area contributed by atoms with Crippen LogP contribution >= 0.6 is 0 Å². The number of urea groups is 1. The molecule has 3 N–H and O–H groups in total. The number of anilines is 3. The minimum absolute atomic E-state index is 0.00281. The number of rotatable bonds is 6. The molecule has 0 saturated heterocycles. The molecule has 2 aromatic carbocycles. The van der Waals surface area contributed by atoms with Gasteiger partial charge in [0.15, 0.2) is 5.82 Å². The van der Waals surface area contributed by atoms with Gasteiger partial charge in [0.25, 0.3) is 15.7 Å². The number of fused-ring (bicyclic) bond motifs is 1. The molecule has 1 aliphatic carbocycles. The van der Waals surface area contributed by atoms with Crippen LogP contribution in [0.15, 0.2) is 53.4 Å². The minimum Gasteiger partial charge on any atom is -0.431 e. The summed E-state index contributed by atoms with van der Waals surface area (Å²) in [5.41, 5.74) is 1.50. The maximum Gasteiger partial charge on any atom is 0.514 e. The second kappa shape index (κ2) is 9.66. The molecule has 1 saturated carbocycles. The third-order valence-electron chi connectivity index (χ3n) is 6.34. The SMILES string of the molecule is CN1C(=O)NS(=O)(=O)c2ccc(Nc3cc([C@H]4CC[C@@H](OC(=O)Oc5ccc([N+](=O)[O-])cc5)C4)[nH]n3)cc21. The lowest BCUT2D eigenvalue weighted by Gasteiger charge is -2.26. The molecule has 2 atom stereocenters. The molecule has 0 bridgehead atoms. The van der Waals surface area contributed by atoms with Crippen LogP contribution in [-0.2, 0) is 14.8 Å². The van der Waals surface area contributed by atoms with Crippen molar-refractivity contribution < 1.29 is 32.4 Å². The number of aromatic amines is 1. The van der Waals surface area contributed by atoms with Crippen LogP contribution in [-0.4, -0.2) is 48.9 Å². The van der Waals surface area contributed by atoms with E-state index >= 15 is 0 Å². The Balaban J connectivity index is 1.18. The zero-order valence-electron chi connectivity index (χ0n) is 19.9. The molecule has 0 spiro atoms. The molecule has 0 radical (unpaired) electrons. The van der Waals surface area contributed by atoms with Crippen LogP contribution in [0.25, 0.3) is 0 Å². The first-order chi connectivity index (χ1) is 18.1. The molecule has 1 aliphatic heterocycles. The van der Waals surface area contributed by atoms with Crippen molar-refractivity contribution in [1.29, 1.82) is 0 Å². The lowest BCUT2D eigenvalue weighted by Crippen LogP contribution is -2.45. The molecule has 38 heavy (non-hydrogen) atoms. The Morgan fingerprint density at radius 1 is 1.18 bits per heavy atom. The highest BCUT2D eigenvalue weighted by Gasteiger charge is 2.33. The van der Waals surface area contributed by atoms with Crippen molar-refractivity contribution in [1.82, 2.24) is 14.9 Å². The average Bonchev–Trinajstić information content (AvgIpc) is 3.52. The van der Waals surface area contributed by atoms with E-state index in [2.05, 4.69) is 15.5 Å². The van der Waals surface area contributed by atoms with Gasteiger partial charge in [0.1, 0.15) is 16.7 Å². The quantitative estimate of drug-likeness (QED) is 0.179. The van der Waals surface area contributed by atoms with Gasteiger partial charge in [-0.05, 0) is 49.6 Å². The Kier molecular flexibility index (Phi) is 6.36. The molecule has 1 aromatic heterocycles. The van der Waals surface area contributed by atoms with E-state index < -0.39 is 27.1 Å². The summed E-state index contributed by atoms with van der Waals surface area (Å²) < 4.78 is 36.9. The molecule has 15 heteroatoms. The van der Waals surface area contributed by atoms with E-state index in [1.54, 1.807) is 12.1 Å². The van der Waals surface area contributed by atoms with Crippen LogP contribution in [0.1, 0.15) is 30.9 Å². The van der Waals surface area contributed by atoms with Gasteiger partial charge < -0.3 is 14.8 Å². The maximum atomic E-state index is 12.2. The minimum atomic E-state index is -3.92. The van der Waals surface area contributed by atoms with Gasteiger partial charge >= 0.3 is 12.2 Å². The van der Waals surface area contributed by atoms with Gasteiger partial charge in [-0.25, -0.2) is 22.7 Å². The van der Waals surface area contributed by atoms with Gasteiger partial charge in [-0.3, -0.25) is 20.1 Å². The number of H-pyrrole nitrogens is 1. The van der Waals surface area contributed by atoms with Crippen molar-refractivity contribution in [2.75, 3.05) is 17.3 Å². The number of benzene rings is 2. The van der Waals surface area contributed by atoms with Crippen LogP contribution in [0.4, 0.5) is 32.5 Å². The monoisotopic (exact) mass is 542 g/mol. The Hall–Kier alpha value is -4.66. The number of amides is 2. The molecule has 14 nitrogen and oxygen atoms in total. The van der Waals surface area contributed by atoms with Crippen molar-refractivity contribution in [2.24, 2.45) is 0 Å². The number of nitrogens with one attached hydrogen (secondary N) is 3. The number of hydrogen-bond donors (Lipinski definition) is 3. The normalized spacial score (nSPS) is 19.8. The predicted molar refractivity (Wildman–Crippen MR) is 133 cm³/mol. The summed E-state index contributed by atoms with van der Waals surface area (Å²) in [4.78, 5) is 35.5. The first-order valence-corrected chi connectivity index (χ1v) is 13.0. The van der Waals surface area contributed by atoms with Crippen LogP contribution in [0, 0.1) is 10.1 Å². The third-order valence-corrected chi connectivity index (χ3v) is 7.71. The first-order valence-electron chi connectivity index (χ1n) is 11.5. The van der Waals surface area contributed by atoms with E-state index in [9.17, 15) is 28.1 Å². The van der Waals surface area contributed by atoms with Crippen molar-refractivity contribution in [3.05, 3.63) is 64.3 Å². The largest absolute Gasteiger partial charge is 0.514 e. The summed E-state index contributed by atoms with van der Waals surface area (Å²) in [6.45, 7) is 0. The summed E-state index contributed by atoms with van der Waals surface area (Å²) in [6, 6.07) is 10.7. The molecule has 2 heterocycles. The van der Waals surface area contributed by atoms with E-state index in [-0.39, 0.29) is 34.0 Å². The number of nitrogens with zero attached hydrogens (tertiary/aromatic N) is 3. The summed E-state index contributed by atoms with van der Waals surface area (Å²) in [5, 5.41) is 21.1. The number of hydrogen-bond acceptors (Lipinski definition) is 10. The van der Waals surface area contributed by atoms with Crippen molar-refractivity contribution in [3.63, 3.8) is 0 Å². The summed E-state index contributed by atoms with van der Waals surface area (Å²) in [6.07, 6.45) is 0.663. The maximum absolute atomic E-state index is 12.2. The highest BCUT2D eigenvalue weighted by Crippen LogP contribution is 2.37. The van der Waals surface area contributed by atoms with Crippen LogP contribution in [0.3, 0.4) is 0 Å². The van der Waals surface area contributed by atoms with Gasteiger partial charge in [0.05, 0.1) is 10.6 Å². The van der Waals surface area contributed by atoms with E-state index in [4.69, 9.17) is 9.47 Å². The highest BCUT2D eigenvalue weighted by molar-refractivity contribution is 7.90. The number of carbonyl (C=O) groups is 2.